The van der Waals surface area contributed by atoms with Crippen LogP contribution in [-0.2, 0) is 21.3 Å². The van der Waals surface area contributed by atoms with Gasteiger partial charge in [-0.15, -0.1) is 11.3 Å². The molecule has 1 heterocycles. The van der Waals surface area contributed by atoms with Gasteiger partial charge in [0, 0.05) is 23.9 Å². The lowest BCUT2D eigenvalue weighted by Gasteiger charge is -2.14. The minimum Gasteiger partial charge on any atom is -0.298 e. The standard InChI is InChI=1S/C21H23N3O4S2/c1-14-8-10-16(11-9-14)12-19-15(2)22-21(29-19)23-20(25)17-6-5-7-18(13-17)30(26,27)24(3)28-4/h5-11,13H,12H2,1-4H3,(H,22,23,25). The van der Waals surface area contributed by atoms with E-state index in [1.165, 1.54) is 54.8 Å². The minimum absolute atomic E-state index is 0.0325. The third kappa shape index (κ3) is 4.93. The van der Waals surface area contributed by atoms with Crippen molar-refractivity contribution < 1.29 is 18.0 Å². The topological polar surface area (TPSA) is 88.6 Å². The van der Waals surface area contributed by atoms with E-state index in [0.29, 0.717) is 5.13 Å². The molecule has 3 aromatic rings. The molecule has 1 aromatic heterocycles. The van der Waals surface area contributed by atoms with Crippen LogP contribution in [0, 0.1) is 13.8 Å². The van der Waals surface area contributed by atoms with Crippen molar-refractivity contribution in [1.29, 1.82) is 0 Å². The summed E-state index contributed by atoms with van der Waals surface area (Å²) in [6.07, 6.45) is 0.733. The van der Waals surface area contributed by atoms with E-state index in [1.807, 2.05) is 13.8 Å². The van der Waals surface area contributed by atoms with Gasteiger partial charge in [-0.3, -0.25) is 14.9 Å². The molecule has 0 fully saturated rings. The molecule has 0 aliphatic rings. The van der Waals surface area contributed by atoms with Crippen molar-refractivity contribution >= 4 is 32.4 Å². The fourth-order valence-corrected chi connectivity index (χ4v) is 4.76. The summed E-state index contributed by atoms with van der Waals surface area (Å²) in [7, 11) is -1.30. The molecule has 9 heteroatoms. The number of hydrogen-bond donors (Lipinski definition) is 1. The quantitative estimate of drug-likeness (QED) is 0.559. The maximum Gasteiger partial charge on any atom is 0.264 e. The van der Waals surface area contributed by atoms with Gasteiger partial charge in [0.15, 0.2) is 5.13 Å². The molecular formula is C21H23N3O4S2. The van der Waals surface area contributed by atoms with Crippen LogP contribution in [0.15, 0.2) is 53.4 Å². The highest BCUT2D eigenvalue weighted by Gasteiger charge is 2.22. The van der Waals surface area contributed by atoms with Crippen molar-refractivity contribution in [3.8, 4) is 0 Å². The summed E-state index contributed by atoms with van der Waals surface area (Å²) >= 11 is 1.41. The maximum absolute atomic E-state index is 12.7. The van der Waals surface area contributed by atoms with Gasteiger partial charge in [-0.25, -0.2) is 13.4 Å². The van der Waals surface area contributed by atoms with Crippen LogP contribution in [0.1, 0.15) is 32.1 Å². The number of carbonyl (C=O) groups excluding carboxylic acids is 1. The number of aromatic nitrogens is 1. The monoisotopic (exact) mass is 445 g/mol. The molecule has 0 unspecified atom stereocenters. The second-order valence-corrected chi connectivity index (χ2v) is 9.79. The molecule has 0 bridgehead atoms. The number of thiazole rings is 1. The molecule has 0 aliphatic carbocycles. The predicted octanol–water partition coefficient (Wildman–Crippen LogP) is 3.78. The zero-order chi connectivity index (χ0) is 21.9. The molecule has 1 N–H and O–H groups in total. The summed E-state index contributed by atoms with van der Waals surface area (Å²) in [6, 6.07) is 14.1. The number of hydrogen-bond acceptors (Lipinski definition) is 6. The lowest BCUT2D eigenvalue weighted by Crippen LogP contribution is -2.26. The first-order valence-electron chi connectivity index (χ1n) is 9.17. The summed E-state index contributed by atoms with van der Waals surface area (Å²) in [5.74, 6) is -0.428. The average Bonchev–Trinajstić information content (AvgIpc) is 3.07. The van der Waals surface area contributed by atoms with E-state index in [-0.39, 0.29) is 10.5 Å². The van der Waals surface area contributed by atoms with Crippen LogP contribution < -0.4 is 5.32 Å². The number of anilines is 1. The molecule has 0 spiro atoms. The number of nitrogens with zero attached hydrogens (tertiary/aromatic N) is 2. The molecule has 3 rings (SSSR count). The Kier molecular flexibility index (Phi) is 6.67. The highest BCUT2D eigenvalue weighted by Crippen LogP contribution is 2.26. The Morgan fingerprint density at radius 3 is 2.53 bits per heavy atom. The Bertz CT molecular complexity index is 1160. The minimum atomic E-state index is -3.84. The van der Waals surface area contributed by atoms with Crippen LogP contribution in [-0.4, -0.2) is 37.9 Å². The van der Waals surface area contributed by atoms with Gasteiger partial charge in [0.2, 0.25) is 0 Å². The molecule has 0 saturated heterocycles. The van der Waals surface area contributed by atoms with Crippen molar-refractivity contribution in [2.75, 3.05) is 19.5 Å². The van der Waals surface area contributed by atoms with Crippen LogP contribution in [0.4, 0.5) is 5.13 Å². The second-order valence-electron chi connectivity index (χ2n) is 6.77. The molecule has 158 valence electrons. The van der Waals surface area contributed by atoms with E-state index in [2.05, 4.69) is 34.6 Å². The number of aryl methyl sites for hydroxylation is 2. The molecule has 7 nitrogen and oxygen atoms in total. The van der Waals surface area contributed by atoms with Gasteiger partial charge in [0.1, 0.15) is 0 Å². The Balaban J connectivity index is 1.77. The molecule has 30 heavy (non-hydrogen) atoms. The zero-order valence-electron chi connectivity index (χ0n) is 17.2. The third-order valence-corrected chi connectivity index (χ3v) is 7.34. The fraction of sp³-hybridized carbons (Fsp3) is 0.238. The summed E-state index contributed by atoms with van der Waals surface area (Å²) in [5.41, 5.74) is 3.45. The van der Waals surface area contributed by atoms with Crippen LogP contribution in [0.5, 0.6) is 0 Å². The summed E-state index contributed by atoms with van der Waals surface area (Å²) in [4.78, 5) is 22.9. The molecule has 0 saturated carbocycles. The normalized spacial score (nSPS) is 11.6. The Morgan fingerprint density at radius 2 is 1.87 bits per heavy atom. The first-order chi connectivity index (χ1) is 14.2. The summed E-state index contributed by atoms with van der Waals surface area (Å²) < 4.78 is 25.5. The van der Waals surface area contributed by atoms with Crippen molar-refractivity contribution in [2.24, 2.45) is 0 Å². The molecule has 0 radical (unpaired) electrons. The fourth-order valence-electron chi connectivity index (χ4n) is 2.75. The number of sulfonamides is 1. The van der Waals surface area contributed by atoms with Gasteiger partial charge in [-0.1, -0.05) is 40.4 Å². The van der Waals surface area contributed by atoms with Crippen molar-refractivity contribution in [3.05, 3.63) is 75.8 Å². The van der Waals surface area contributed by atoms with Gasteiger partial charge in [-0.2, -0.15) is 0 Å². The van der Waals surface area contributed by atoms with Crippen molar-refractivity contribution in [3.63, 3.8) is 0 Å². The van der Waals surface area contributed by atoms with E-state index >= 15 is 0 Å². The number of amides is 1. The first-order valence-corrected chi connectivity index (χ1v) is 11.4. The molecular weight excluding hydrogens is 422 g/mol. The SMILES string of the molecule is CON(C)S(=O)(=O)c1cccc(C(=O)Nc2nc(C)c(Cc3ccc(C)cc3)s2)c1. The average molecular weight is 446 g/mol. The van der Waals surface area contributed by atoms with E-state index in [9.17, 15) is 13.2 Å². The Hall–Kier alpha value is -2.59. The number of carbonyl (C=O) groups is 1. The van der Waals surface area contributed by atoms with Gasteiger partial charge >= 0.3 is 0 Å². The second kappa shape index (κ2) is 9.05. The first kappa shape index (κ1) is 22.1. The van der Waals surface area contributed by atoms with Crippen LogP contribution in [0.3, 0.4) is 0 Å². The van der Waals surface area contributed by atoms with E-state index in [1.54, 1.807) is 6.07 Å². The lowest BCUT2D eigenvalue weighted by atomic mass is 10.1. The van der Waals surface area contributed by atoms with E-state index in [4.69, 9.17) is 4.84 Å². The van der Waals surface area contributed by atoms with Gasteiger partial charge in [0.05, 0.1) is 17.7 Å². The molecule has 0 aliphatic heterocycles. The van der Waals surface area contributed by atoms with Gasteiger partial charge in [-0.05, 0) is 37.6 Å². The lowest BCUT2D eigenvalue weighted by molar-refractivity contribution is -0.0258. The molecule has 0 atom stereocenters. The van der Waals surface area contributed by atoms with Crippen LogP contribution in [0.2, 0.25) is 0 Å². The van der Waals surface area contributed by atoms with Gasteiger partial charge in [0.25, 0.3) is 15.9 Å². The highest BCUT2D eigenvalue weighted by atomic mass is 32.2. The Labute approximate surface area is 180 Å². The number of hydroxylamine groups is 1. The predicted molar refractivity (Wildman–Crippen MR) is 117 cm³/mol. The zero-order valence-corrected chi connectivity index (χ0v) is 18.8. The summed E-state index contributed by atoms with van der Waals surface area (Å²) in [5, 5.41) is 3.24. The van der Waals surface area contributed by atoms with Gasteiger partial charge < -0.3 is 0 Å². The van der Waals surface area contributed by atoms with E-state index in [0.717, 1.165) is 21.5 Å². The number of nitrogens with one attached hydrogen (secondary N) is 1. The third-order valence-electron chi connectivity index (χ3n) is 4.59. The van der Waals surface area contributed by atoms with Crippen molar-refractivity contribution in [1.82, 2.24) is 9.45 Å². The maximum atomic E-state index is 12.7. The van der Waals surface area contributed by atoms with Crippen LogP contribution >= 0.6 is 11.3 Å². The molecule has 1 amide bonds. The smallest absolute Gasteiger partial charge is 0.264 e. The van der Waals surface area contributed by atoms with Crippen molar-refractivity contribution in [2.45, 2.75) is 25.2 Å². The van der Waals surface area contributed by atoms with Crippen LogP contribution in [0.25, 0.3) is 0 Å². The Morgan fingerprint density at radius 1 is 1.17 bits per heavy atom. The highest BCUT2D eigenvalue weighted by molar-refractivity contribution is 7.89. The summed E-state index contributed by atoms with van der Waals surface area (Å²) in [6.45, 7) is 3.95. The number of benzene rings is 2. The number of rotatable bonds is 7. The molecule has 2 aromatic carbocycles. The largest absolute Gasteiger partial charge is 0.298 e. The van der Waals surface area contributed by atoms with E-state index < -0.39 is 15.9 Å².